The molecule has 0 bridgehead atoms. The fourth-order valence-corrected chi connectivity index (χ4v) is 3.13. The molecule has 0 aliphatic rings. The van der Waals surface area contributed by atoms with Crippen molar-refractivity contribution >= 4 is 5.97 Å². The number of alkyl halides is 3. The number of carboxylic acid groups (broad SMARTS) is 1. The average molecular weight is 448 g/mol. The number of rotatable bonds is 2. The lowest BCUT2D eigenvalue weighted by Gasteiger charge is -2.03. The van der Waals surface area contributed by atoms with Crippen LogP contribution in [-0.4, -0.2) is 19.3 Å². The molecule has 0 saturated heterocycles. The van der Waals surface area contributed by atoms with Crippen molar-refractivity contribution in [1.29, 1.82) is 0 Å². The highest BCUT2D eigenvalue weighted by atomic mass is 127. The summed E-state index contributed by atoms with van der Waals surface area (Å²) in [4.78, 5) is 8.78. The molecule has 0 spiro atoms. The number of hydrogen-bond donors (Lipinski definition) is 0. The van der Waals surface area contributed by atoms with Crippen LogP contribution in [0.3, 0.4) is 0 Å². The van der Waals surface area contributed by atoms with Crippen molar-refractivity contribution in [1.82, 2.24) is 0 Å². The molecular weight excluding hydrogens is 436 g/mol. The van der Waals surface area contributed by atoms with Gasteiger partial charge in [0.15, 0.2) is 9.68 Å². The van der Waals surface area contributed by atoms with Crippen molar-refractivity contribution in [2.24, 2.45) is 0 Å². The van der Waals surface area contributed by atoms with Crippen LogP contribution in [0.4, 0.5) is 13.2 Å². The standard InChI is InChI=1S/C15H12IO.C2HF3O2/c1-17-15-10-6-5-9-14(15)16-12-11-13-7-3-2-4-8-13;3-2(4,5)1(6)7/h2-10H,1H3;(H,6,7)/q+1;/p-1. The third-order valence-electron chi connectivity index (χ3n) is 2.40. The maximum absolute atomic E-state index is 10.5. The molecule has 7 heteroatoms. The van der Waals surface area contributed by atoms with Crippen LogP contribution in [0.25, 0.3) is 0 Å². The van der Waals surface area contributed by atoms with Gasteiger partial charge in [-0.25, -0.2) is 0 Å². The van der Waals surface area contributed by atoms with E-state index in [1.165, 1.54) is 3.57 Å². The first-order valence-corrected chi connectivity index (χ1v) is 8.61. The van der Waals surface area contributed by atoms with Crippen LogP contribution in [0, 0.1) is 13.4 Å². The molecule has 0 aliphatic heterocycles. The highest BCUT2D eigenvalue weighted by Gasteiger charge is 2.28. The van der Waals surface area contributed by atoms with Crippen LogP contribution >= 0.6 is 0 Å². The summed E-state index contributed by atoms with van der Waals surface area (Å²) in [5.41, 5.74) is 1.07. The van der Waals surface area contributed by atoms with Crippen LogP contribution < -0.4 is 31.0 Å². The van der Waals surface area contributed by atoms with Gasteiger partial charge >= 0.3 is 27.4 Å². The minimum atomic E-state index is -5.19. The summed E-state index contributed by atoms with van der Waals surface area (Å²) < 4.78 is 41.4. The molecule has 0 atom stereocenters. The van der Waals surface area contributed by atoms with Crippen LogP contribution in [0.2, 0.25) is 0 Å². The summed E-state index contributed by atoms with van der Waals surface area (Å²) >= 11 is -0.313. The van der Waals surface area contributed by atoms with Crippen LogP contribution in [0.1, 0.15) is 5.56 Å². The van der Waals surface area contributed by atoms with Crippen LogP contribution in [0.15, 0.2) is 54.6 Å². The van der Waals surface area contributed by atoms with E-state index < -0.39 is 12.1 Å². The fraction of sp³-hybridized carbons (Fsp3) is 0.118. The molecule has 0 unspecified atom stereocenters. The molecule has 24 heavy (non-hydrogen) atoms. The Balaban J connectivity index is 0.000000351. The molecule has 0 fully saturated rings. The molecule has 2 aromatic rings. The maximum atomic E-state index is 10.5. The van der Waals surface area contributed by atoms with E-state index >= 15 is 0 Å². The van der Waals surface area contributed by atoms with E-state index in [0.717, 1.165) is 11.3 Å². The topological polar surface area (TPSA) is 49.4 Å². The third kappa shape index (κ3) is 7.37. The molecule has 0 amide bonds. The van der Waals surface area contributed by atoms with Gasteiger partial charge in [-0.15, -0.1) is 0 Å². The summed E-state index contributed by atoms with van der Waals surface area (Å²) in [7, 11) is 1.70. The zero-order valence-corrected chi connectivity index (χ0v) is 14.6. The number of carbonyl (C=O) groups excluding carboxylic acids is 1. The van der Waals surface area contributed by atoms with Crippen molar-refractivity contribution in [3.05, 3.63) is 63.7 Å². The summed E-state index contributed by atoms with van der Waals surface area (Å²) in [5, 5.41) is 8.78. The summed E-state index contributed by atoms with van der Waals surface area (Å²) in [6.45, 7) is 0. The lowest BCUT2D eigenvalue weighted by Crippen LogP contribution is -3.59. The Morgan fingerprint density at radius 2 is 1.62 bits per heavy atom. The smallest absolute Gasteiger partial charge is 0.430 e. The van der Waals surface area contributed by atoms with Gasteiger partial charge in [0, 0.05) is 5.56 Å². The first-order chi connectivity index (χ1) is 11.3. The minimum absolute atomic E-state index is 0.313. The number of hydrogen-bond acceptors (Lipinski definition) is 3. The number of methoxy groups -OCH3 is 1. The third-order valence-corrected chi connectivity index (χ3v) is 4.41. The van der Waals surface area contributed by atoms with Gasteiger partial charge in [0.25, 0.3) is 0 Å². The SMILES string of the molecule is COc1ccccc1[I+]C#Cc1ccccc1.O=C([O-])C(F)(F)F. The first-order valence-electron chi connectivity index (χ1n) is 6.45. The van der Waals surface area contributed by atoms with Gasteiger partial charge < -0.3 is 14.6 Å². The first kappa shape index (κ1) is 19.8. The van der Waals surface area contributed by atoms with Crippen LogP contribution in [0.5, 0.6) is 5.75 Å². The van der Waals surface area contributed by atoms with E-state index in [0.29, 0.717) is 0 Å². The number of benzene rings is 2. The molecule has 0 radical (unpaired) electrons. The summed E-state index contributed by atoms with van der Waals surface area (Å²) in [6, 6.07) is 18.2. The number of ether oxygens (including phenoxy) is 1. The highest BCUT2D eigenvalue weighted by molar-refractivity contribution is 5.70. The van der Waals surface area contributed by atoms with Gasteiger partial charge in [-0.05, 0) is 30.2 Å². The number of aliphatic carboxylic acids is 1. The van der Waals surface area contributed by atoms with Crippen molar-refractivity contribution in [2.45, 2.75) is 6.18 Å². The average Bonchev–Trinajstić information content (AvgIpc) is 2.56. The number of para-hydroxylation sites is 1. The monoisotopic (exact) mass is 448 g/mol. The Morgan fingerprint density at radius 1 is 1.08 bits per heavy atom. The van der Waals surface area contributed by atoms with Crippen molar-refractivity contribution in [2.75, 3.05) is 7.11 Å². The quantitative estimate of drug-likeness (QED) is 0.450. The largest absolute Gasteiger partial charge is 0.542 e. The maximum Gasteiger partial charge on any atom is 0.430 e. The van der Waals surface area contributed by atoms with Gasteiger partial charge in [-0.1, -0.05) is 30.3 Å². The molecule has 0 aliphatic carbocycles. The van der Waals surface area contributed by atoms with Crippen molar-refractivity contribution in [3.63, 3.8) is 0 Å². The van der Waals surface area contributed by atoms with E-state index in [1.807, 2.05) is 48.5 Å². The lowest BCUT2D eigenvalue weighted by molar-refractivity contribution is -0.536. The Hall–Kier alpha value is -2.21. The van der Waals surface area contributed by atoms with E-state index in [1.54, 1.807) is 7.11 Å². The van der Waals surface area contributed by atoms with Crippen molar-refractivity contribution in [3.8, 4) is 15.6 Å². The van der Waals surface area contributed by atoms with E-state index in [9.17, 15) is 13.2 Å². The molecule has 0 aromatic heterocycles. The second-order valence-electron chi connectivity index (χ2n) is 4.10. The minimum Gasteiger partial charge on any atom is -0.542 e. The molecule has 126 valence electrons. The van der Waals surface area contributed by atoms with Gasteiger partial charge in [0.2, 0.25) is 3.57 Å². The fourth-order valence-electron chi connectivity index (χ4n) is 1.34. The van der Waals surface area contributed by atoms with Gasteiger partial charge in [-0.2, -0.15) is 13.2 Å². The zero-order valence-electron chi connectivity index (χ0n) is 12.4. The number of carboxylic acids is 1. The Kier molecular flexibility index (Phi) is 8.12. The molecule has 3 nitrogen and oxygen atoms in total. The number of halogens is 4. The summed E-state index contributed by atoms with van der Waals surface area (Å²) in [5.74, 6) is 1.13. The molecule has 0 heterocycles. The van der Waals surface area contributed by atoms with Gasteiger partial charge in [0.1, 0.15) is 5.97 Å². The lowest BCUT2D eigenvalue weighted by atomic mass is 10.2. The second-order valence-corrected chi connectivity index (χ2v) is 6.34. The predicted octanol–water partition coefficient (Wildman–Crippen LogP) is -0.738. The number of carbonyl (C=O) groups is 1. The van der Waals surface area contributed by atoms with Crippen LogP contribution in [-0.2, 0) is 4.79 Å². The Bertz CT molecular complexity index is 719. The summed E-state index contributed by atoms with van der Waals surface area (Å²) in [6.07, 6.45) is -5.19. The molecule has 2 aromatic carbocycles. The molecule has 2 rings (SSSR count). The van der Waals surface area contributed by atoms with Gasteiger partial charge in [-0.3, -0.25) is 0 Å². The van der Waals surface area contributed by atoms with Gasteiger partial charge in [0.05, 0.1) is 7.11 Å². The Morgan fingerprint density at radius 3 is 2.17 bits per heavy atom. The normalized spacial score (nSPS) is 9.83. The Labute approximate surface area is 147 Å². The molecular formula is C17H12F3IO3. The van der Waals surface area contributed by atoms with E-state index in [-0.39, 0.29) is 21.2 Å². The predicted molar refractivity (Wildman–Crippen MR) is 76.1 cm³/mol. The highest BCUT2D eigenvalue weighted by Crippen LogP contribution is 2.11. The second kappa shape index (κ2) is 9.82. The van der Waals surface area contributed by atoms with E-state index in [4.69, 9.17) is 14.6 Å². The van der Waals surface area contributed by atoms with Crippen molar-refractivity contribution < 1.29 is 49.0 Å². The molecule has 0 saturated carbocycles. The zero-order chi connectivity index (χ0) is 18.0. The van der Waals surface area contributed by atoms with E-state index in [2.05, 4.69) is 15.9 Å². The molecule has 0 N–H and O–H groups in total.